The number of aryl methyl sites for hydroxylation is 1. The summed E-state index contributed by atoms with van der Waals surface area (Å²) in [6.45, 7) is 8.85. The Kier molecular flexibility index (Phi) is 6.11. The van der Waals surface area contributed by atoms with Crippen LogP contribution >= 0.6 is 0 Å². The lowest BCUT2D eigenvalue weighted by Gasteiger charge is -2.21. The van der Waals surface area contributed by atoms with Crippen LogP contribution < -0.4 is 20.1 Å². The third-order valence-corrected chi connectivity index (χ3v) is 4.73. The summed E-state index contributed by atoms with van der Waals surface area (Å²) in [4.78, 5) is 24.1. The van der Waals surface area contributed by atoms with Crippen LogP contribution in [0.25, 0.3) is 0 Å². The molecule has 0 saturated carbocycles. The molecule has 0 aromatic heterocycles. The van der Waals surface area contributed by atoms with Gasteiger partial charge in [0.1, 0.15) is 13.2 Å². The average molecular weight is 396 g/mol. The molecule has 29 heavy (non-hydrogen) atoms. The number of amides is 2. The Morgan fingerprint density at radius 1 is 0.931 bits per heavy atom. The Bertz CT molecular complexity index is 898. The number of ether oxygens (including phenoxy) is 2. The minimum absolute atomic E-state index is 0.105. The molecule has 2 aromatic carbocycles. The maximum absolute atomic E-state index is 12.5. The van der Waals surface area contributed by atoms with Crippen molar-refractivity contribution in [1.82, 2.24) is 0 Å². The first kappa shape index (κ1) is 20.7. The van der Waals surface area contributed by atoms with Crippen LogP contribution in [-0.4, -0.2) is 25.0 Å². The Labute approximate surface area is 171 Å². The second-order valence-electron chi connectivity index (χ2n) is 8.22. The predicted octanol–water partition coefficient (Wildman–Crippen LogP) is 4.29. The van der Waals surface area contributed by atoms with Crippen molar-refractivity contribution in [2.24, 2.45) is 0 Å². The molecule has 2 amide bonds. The molecule has 0 aliphatic carbocycles. The van der Waals surface area contributed by atoms with Gasteiger partial charge in [-0.2, -0.15) is 0 Å². The van der Waals surface area contributed by atoms with Crippen LogP contribution in [0, 0.1) is 0 Å². The lowest BCUT2D eigenvalue weighted by Crippen LogP contribution is -2.19. The van der Waals surface area contributed by atoms with E-state index in [2.05, 4.69) is 55.7 Å². The normalized spacial score (nSPS) is 13.0. The largest absolute Gasteiger partial charge is 0.486 e. The summed E-state index contributed by atoms with van der Waals surface area (Å²) in [5, 5.41) is 5.62. The van der Waals surface area contributed by atoms with Crippen LogP contribution in [0.5, 0.6) is 11.5 Å². The van der Waals surface area contributed by atoms with Crippen LogP contribution in [0.15, 0.2) is 36.4 Å². The van der Waals surface area contributed by atoms with E-state index >= 15 is 0 Å². The molecule has 0 fully saturated rings. The fraction of sp³-hybridized carbons (Fsp3) is 0.391. The first-order valence-corrected chi connectivity index (χ1v) is 9.83. The van der Waals surface area contributed by atoms with Gasteiger partial charge in [-0.05, 0) is 23.0 Å². The highest BCUT2D eigenvalue weighted by atomic mass is 16.6. The van der Waals surface area contributed by atoms with Crippen molar-refractivity contribution >= 4 is 23.2 Å². The van der Waals surface area contributed by atoms with Gasteiger partial charge in [-0.1, -0.05) is 45.0 Å². The van der Waals surface area contributed by atoms with Crippen molar-refractivity contribution in [3.8, 4) is 11.5 Å². The third kappa shape index (κ3) is 5.50. The summed E-state index contributed by atoms with van der Waals surface area (Å²) >= 11 is 0. The minimum Gasteiger partial charge on any atom is -0.486 e. The van der Waals surface area contributed by atoms with E-state index in [1.54, 1.807) is 12.1 Å². The monoisotopic (exact) mass is 396 g/mol. The van der Waals surface area contributed by atoms with E-state index < -0.39 is 0 Å². The zero-order valence-corrected chi connectivity index (χ0v) is 17.4. The Morgan fingerprint density at radius 3 is 2.00 bits per heavy atom. The van der Waals surface area contributed by atoms with Crippen molar-refractivity contribution < 1.29 is 19.1 Å². The van der Waals surface area contributed by atoms with Crippen molar-refractivity contribution in [3.05, 3.63) is 47.5 Å². The summed E-state index contributed by atoms with van der Waals surface area (Å²) in [5.74, 6) is 0.750. The lowest BCUT2D eigenvalue weighted by molar-refractivity contribution is -0.116. The van der Waals surface area contributed by atoms with Gasteiger partial charge < -0.3 is 20.1 Å². The van der Waals surface area contributed by atoms with Crippen molar-refractivity contribution in [3.63, 3.8) is 0 Å². The summed E-state index contributed by atoms with van der Waals surface area (Å²) in [6, 6.07) is 11.7. The minimum atomic E-state index is -0.226. The van der Waals surface area contributed by atoms with Crippen molar-refractivity contribution in [1.29, 1.82) is 0 Å². The summed E-state index contributed by atoms with van der Waals surface area (Å²) < 4.78 is 11.1. The van der Waals surface area contributed by atoms with Crippen LogP contribution in [0.1, 0.15) is 45.2 Å². The fourth-order valence-corrected chi connectivity index (χ4v) is 3.13. The van der Waals surface area contributed by atoms with E-state index in [1.807, 2.05) is 0 Å². The molecular weight excluding hydrogens is 368 g/mol. The molecular formula is C23H28N2O4. The second-order valence-corrected chi connectivity index (χ2v) is 8.22. The number of rotatable bonds is 5. The zero-order chi connectivity index (χ0) is 21.0. The molecule has 0 atom stereocenters. The van der Waals surface area contributed by atoms with E-state index in [0.29, 0.717) is 48.9 Å². The number of anilines is 2. The molecule has 1 heterocycles. The topological polar surface area (TPSA) is 76.7 Å². The molecule has 2 aromatic rings. The fourth-order valence-electron chi connectivity index (χ4n) is 3.13. The molecule has 1 aliphatic rings. The third-order valence-electron chi connectivity index (χ3n) is 4.73. The first-order chi connectivity index (χ1) is 13.7. The van der Waals surface area contributed by atoms with Gasteiger partial charge in [0.25, 0.3) is 0 Å². The maximum atomic E-state index is 12.5. The standard InChI is InChI=1S/C23H28N2O4/c1-15(26)24-18-13-20-21(29-12-11-28-20)14-19(18)25-22(27)10-7-16-5-8-17(9-6-16)23(2,3)4/h5-6,8-9,13-14H,7,10-12H2,1-4H3,(H,24,26)(H,25,27). The van der Waals surface area contributed by atoms with E-state index in [-0.39, 0.29) is 17.2 Å². The second kappa shape index (κ2) is 8.55. The molecule has 154 valence electrons. The highest BCUT2D eigenvalue weighted by molar-refractivity contribution is 5.99. The van der Waals surface area contributed by atoms with E-state index in [0.717, 1.165) is 5.56 Å². The molecule has 0 radical (unpaired) electrons. The predicted molar refractivity (Wildman–Crippen MR) is 114 cm³/mol. The van der Waals surface area contributed by atoms with Gasteiger partial charge >= 0.3 is 0 Å². The molecule has 0 saturated heterocycles. The number of carbonyl (C=O) groups excluding carboxylic acids is 2. The molecule has 3 rings (SSSR count). The number of hydrogen-bond acceptors (Lipinski definition) is 4. The number of fused-ring (bicyclic) bond motifs is 1. The average Bonchev–Trinajstić information content (AvgIpc) is 2.66. The Balaban J connectivity index is 1.67. The van der Waals surface area contributed by atoms with Crippen molar-refractivity contribution in [2.75, 3.05) is 23.8 Å². The maximum Gasteiger partial charge on any atom is 0.224 e. The zero-order valence-electron chi connectivity index (χ0n) is 17.4. The molecule has 0 spiro atoms. The van der Waals surface area contributed by atoms with Gasteiger partial charge in [0.05, 0.1) is 11.4 Å². The molecule has 6 nitrogen and oxygen atoms in total. The molecule has 6 heteroatoms. The van der Waals surface area contributed by atoms with Crippen LogP contribution in [-0.2, 0) is 21.4 Å². The SMILES string of the molecule is CC(=O)Nc1cc2c(cc1NC(=O)CCc1ccc(C(C)(C)C)cc1)OCCO2. The Hall–Kier alpha value is -3.02. The molecule has 1 aliphatic heterocycles. The molecule has 0 unspecified atom stereocenters. The first-order valence-electron chi connectivity index (χ1n) is 9.83. The van der Waals surface area contributed by atoms with Gasteiger partial charge in [-0.25, -0.2) is 0 Å². The molecule has 2 N–H and O–H groups in total. The smallest absolute Gasteiger partial charge is 0.224 e. The summed E-state index contributed by atoms with van der Waals surface area (Å²) in [6.07, 6.45) is 0.971. The number of hydrogen-bond donors (Lipinski definition) is 2. The van der Waals surface area contributed by atoms with Gasteiger partial charge in [-0.15, -0.1) is 0 Å². The lowest BCUT2D eigenvalue weighted by atomic mass is 9.86. The Morgan fingerprint density at radius 2 is 1.48 bits per heavy atom. The van der Waals surface area contributed by atoms with Crippen molar-refractivity contribution in [2.45, 2.75) is 46.0 Å². The van der Waals surface area contributed by atoms with E-state index in [4.69, 9.17) is 9.47 Å². The highest BCUT2D eigenvalue weighted by Crippen LogP contribution is 2.38. The van der Waals surface area contributed by atoms with Gasteiger partial charge in [0.2, 0.25) is 11.8 Å². The van der Waals surface area contributed by atoms with Gasteiger partial charge in [-0.3, -0.25) is 9.59 Å². The number of benzene rings is 2. The number of nitrogens with one attached hydrogen (secondary N) is 2. The quantitative estimate of drug-likeness (QED) is 0.791. The summed E-state index contributed by atoms with van der Waals surface area (Å²) in [7, 11) is 0. The molecule has 0 bridgehead atoms. The van der Waals surface area contributed by atoms with E-state index in [9.17, 15) is 9.59 Å². The van der Waals surface area contributed by atoms with Gasteiger partial charge in [0.15, 0.2) is 11.5 Å². The van der Waals surface area contributed by atoms with Crippen LogP contribution in [0.2, 0.25) is 0 Å². The highest BCUT2D eigenvalue weighted by Gasteiger charge is 2.18. The van der Waals surface area contributed by atoms with Gasteiger partial charge in [0, 0.05) is 25.5 Å². The van der Waals surface area contributed by atoms with E-state index in [1.165, 1.54) is 12.5 Å². The van der Waals surface area contributed by atoms with Crippen LogP contribution in [0.4, 0.5) is 11.4 Å². The van der Waals surface area contributed by atoms with Crippen LogP contribution in [0.3, 0.4) is 0 Å². The number of carbonyl (C=O) groups is 2. The summed E-state index contributed by atoms with van der Waals surface area (Å²) in [5.41, 5.74) is 3.47.